The molecule has 8 heteroatoms. The molecule has 0 bridgehead atoms. The molecule has 0 saturated heterocycles. The lowest BCUT2D eigenvalue weighted by atomic mass is 9.96. The van der Waals surface area contributed by atoms with E-state index in [2.05, 4.69) is 5.32 Å². The molecule has 3 aromatic carbocycles. The number of hydrogen-bond acceptors (Lipinski definition) is 4. The molecule has 0 unspecified atom stereocenters. The molecule has 0 saturated carbocycles. The molecule has 0 aliphatic rings. The van der Waals surface area contributed by atoms with Crippen LogP contribution in [0.4, 0.5) is 18.9 Å². The first kappa shape index (κ1) is 24.9. The molecule has 4 rings (SSSR count). The van der Waals surface area contributed by atoms with Crippen molar-refractivity contribution in [2.45, 2.75) is 20.0 Å². The minimum atomic E-state index is -4.44. The molecule has 36 heavy (non-hydrogen) atoms. The lowest BCUT2D eigenvalue weighted by Crippen LogP contribution is -2.10. The quantitative estimate of drug-likeness (QED) is 0.282. The molecule has 5 nitrogen and oxygen atoms in total. The highest BCUT2D eigenvalue weighted by Gasteiger charge is 2.30. The third-order valence-electron chi connectivity index (χ3n) is 5.90. The second-order valence-corrected chi connectivity index (χ2v) is 8.20. The lowest BCUT2D eigenvalue weighted by Gasteiger charge is -2.14. The molecule has 0 aliphatic heterocycles. The van der Waals surface area contributed by atoms with Crippen LogP contribution in [0, 0.1) is 6.92 Å². The predicted octanol–water partition coefficient (Wildman–Crippen LogP) is 7.49. The number of aryl methyl sites for hydroxylation is 1. The van der Waals surface area contributed by atoms with Gasteiger partial charge in [0.2, 0.25) is 5.91 Å². The fraction of sp³-hybridized carbons (Fsp3) is 0.179. The van der Waals surface area contributed by atoms with Gasteiger partial charge in [-0.05, 0) is 55.8 Å². The van der Waals surface area contributed by atoms with E-state index in [0.717, 1.165) is 34.2 Å². The van der Waals surface area contributed by atoms with Gasteiger partial charge in [0.05, 0.1) is 26.0 Å². The van der Waals surface area contributed by atoms with Crippen LogP contribution < -0.4 is 14.8 Å². The number of para-hydroxylation sites is 1. The number of nitrogens with one attached hydrogen (secondary N) is 1. The molecule has 0 fully saturated rings. The summed E-state index contributed by atoms with van der Waals surface area (Å²) in [5.41, 5.74) is 3.86. The second-order valence-electron chi connectivity index (χ2n) is 8.20. The Balaban J connectivity index is 1.71. The van der Waals surface area contributed by atoms with Crippen LogP contribution in [0.25, 0.3) is 27.7 Å². The van der Waals surface area contributed by atoms with E-state index < -0.39 is 17.6 Å². The molecule has 1 N–H and O–H groups in total. The van der Waals surface area contributed by atoms with Gasteiger partial charge >= 0.3 is 6.18 Å². The van der Waals surface area contributed by atoms with Crippen LogP contribution in [-0.4, -0.2) is 20.1 Å². The van der Waals surface area contributed by atoms with Crippen molar-refractivity contribution in [3.05, 3.63) is 83.6 Å². The van der Waals surface area contributed by atoms with E-state index >= 15 is 0 Å². The van der Waals surface area contributed by atoms with E-state index in [4.69, 9.17) is 13.9 Å². The SMILES string of the molecule is COc1ccccc1-c1coc2c(C)c(OC)c(/C(C)=C/C(=O)Nc3ccc(C(F)(F)F)cc3)cc12. The maximum absolute atomic E-state index is 12.8. The smallest absolute Gasteiger partial charge is 0.416 e. The van der Waals surface area contributed by atoms with E-state index in [0.29, 0.717) is 28.2 Å². The number of alkyl halides is 3. The Kier molecular flexibility index (Phi) is 6.79. The summed E-state index contributed by atoms with van der Waals surface area (Å²) in [5.74, 6) is 0.766. The summed E-state index contributed by atoms with van der Waals surface area (Å²) in [5, 5.41) is 3.42. The Morgan fingerprint density at radius 2 is 1.69 bits per heavy atom. The van der Waals surface area contributed by atoms with Gasteiger partial charge in [-0.1, -0.05) is 18.2 Å². The molecular formula is C28H24F3NO4. The first-order chi connectivity index (χ1) is 17.1. The van der Waals surface area contributed by atoms with Gasteiger partial charge in [0.25, 0.3) is 0 Å². The maximum atomic E-state index is 12.8. The van der Waals surface area contributed by atoms with Crippen LogP contribution in [0.1, 0.15) is 23.6 Å². The number of halogens is 3. The van der Waals surface area contributed by atoms with Crippen molar-refractivity contribution in [1.29, 1.82) is 0 Å². The normalized spacial score (nSPS) is 12.0. The van der Waals surface area contributed by atoms with Gasteiger partial charge in [-0.25, -0.2) is 0 Å². The summed E-state index contributed by atoms with van der Waals surface area (Å²) in [7, 11) is 3.14. The largest absolute Gasteiger partial charge is 0.496 e. The molecule has 0 spiro atoms. The molecule has 186 valence electrons. The molecule has 1 aromatic heterocycles. The molecule has 0 atom stereocenters. The van der Waals surface area contributed by atoms with Crippen LogP contribution >= 0.6 is 0 Å². The van der Waals surface area contributed by atoms with Gasteiger partial charge in [0.1, 0.15) is 17.1 Å². The zero-order valence-corrected chi connectivity index (χ0v) is 20.1. The number of furan rings is 1. The van der Waals surface area contributed by atoms with Crippen molar-refractivity contribution in [3.63, 3.8) is 0 Å². The van der Waals surface area contributed by atoms with Gasteiger partial charge in [0.15, 0.2) is 0 Å². The number of amides is 1. The molecule has 0 radical (unpaired) electrons. The summed E-state index contributed by atoms with van der Waals surface area (Å²) in [4.78, 5) is 12.7. The Morgan fingerprint density at radius 1 is 1.00 bits per heavy atom. The Labute approximate surface area is 206 Å². The lowest BCUT2D eigenvalue weighted by molar-refractivity contribution is -0.137. The number of rotatable bonds is 6. The Bertz CT molecular complexity index is 1450. The standard InChI is InChI=1S/C28H24F3NO4/c1-16(13-25(33)32-19-11-9-18(10-12-19)28(29,30)31)21-14-22-23(20-7-5-6-8-24(20)34-3)15-36-27(22)17(2)26(21)35-4/h5-15H,1-4H3,(H,32,33)/b16-13+. The van der Waals surface area contributed by atoms with E-state index in [1.807, 2.05) is 37.3 Å². The van der Waals surface area contributed by atoms with Crippen molar-refractivity contribution in [2.75, 3.05) is 19.5 Å². The Morgan fingerprint density at radius 3 is 2.33 bits per heavy atom. The number of fused-ring (bicyclic) bond motifs is 1. The first-order valence-corrected chi connectivity index (χ1v) is 11.0. The number of anilines is 1. The van der Waals surface area contributed by atoms with Gasteiger partial charge in [-0.3, -0.25) is 4.79 Å². The number of carbonyl (C=O) groups excluding carboxylic acids is 1. The highest BCUT2D eigenvalue weighted by Crippen LogP contribution is 2.42. The number of benzene rings is 3. The summed E-state index contributed by atoms with van der Waals surface area (Å²) in [6, 6.07) is 13.7. The molecular weight excluding hydrogens is 471 g/mol. The summed E-state index contributed by atoms with van der Waals surface area (Å²) in [6.07, 6.45) is -1.40. The predicted molar refractivity (Wildman–Crippen MR) is 133 cm³/mol. The second kappa shape index (κ2) is 9.81. The average molecular weight is 495 g/mol. The highest BCUT2D eigenvalue weighted by molar-refractivity contribution is 6.06. The number of hydrogen-bond donors (Lipinski definition) is 1. The zero-order valence-electron chi connectivity index (χ0n) is 20.1. The van der Waals surface area contributed by atoms with Crippen molar-refractivity contribution < 1.29 is 31.9 Å². The number of allylic oxidation sites excluding steroid dienone is 1. The fourth-order valence-corrected chi connectivity index (χ4v) is 4.14. The van der Waals surface area contributed by atoms with Crippen molar-refractivity contribution in [2.24, 2.45) is 0 Å². The van der Waals surface area contributed by atoms with Crippen LogP contribution in [-0.2, 0) is 11.0 Å². The third-order valence-corrected chi connectivity index (χ3v) is 5.90. The summed E-state index contributed by atoms with van der Waals surface area (Å²) >= 11 is 0. The summed E-state index contributed by atoms with van der Waals surface area (Å²) in [6.45, 7) is 3.63. The fourth-order valence-electron chi connectivity index (χ4n) is 4.14. The monoisotopic (exact) mass is 495 g/mol. The van der Waals surface area contributed by atoms with E-state index in [9.17, 15) is 18.0 Å². The number of ether oxygens (including phenoxy) is 2. The average Bonchev–Trinajstić information content (AvgIpc) is 3.27. The van der Waals surface area contributed by atoms with Crippen LogP contribution in [0.2, 0.25) is 0 Å². The molecule has 0 aliphatic carbocycles. The van der Waals surface area contributed by atoms with Crippen molar-refractivity contribution in [1.82, 2.24) is 0 Å². The highest BCUT2D eigenvalue weighted by atomic mass is 19.4. The number of carbonyl (C=O) groups is 1. The van der Waals surface area contributed by atoms with Gasteiger partial charge in [-0.2, -0.15) is 13.2 Å². The van der Waals surface area contributed by atoms with E-state index in [1.165, 1.54) is 25.3 Å². The minimum Gasteiger partial charge on any atom is -0.496 e. The third kappa shape index (κ3) is 4.79. The topological polar surface area (TPSA) is 60.7 Å². The summed E-state index contributed by atoms with van der Waals surface area (Å²) < 4.78 is 55.4. The number of methoxy groups -OCH3 is 2. The van der Waals surface area contributed by atoms with Gasteiger partial charge in [-0.15, -0.1) is 0 Å². The van der Waals surface area contributed by atoms with E-state index in [1.54, 1.807) is 20.3 Å². The van der Waals surface area contributed by atoms with Gasteiger partial charge in [0, 0.05) is 39.4 Å². The molecule has 1 heterocycles. The van der Waals surface area contributed by atoms with Gasteiger partial charge < -0.3 is 19.2 Å². The zero-order chi connectivity index (χ0) is 26.0. The van der Waals surface area contributed by atoms with Crippen molar-refractivity contribution >= 4 is 28.1 Å². The van der Waals surface area contributed by atoms with Crippen molar-refractivity contribution in [3.8, 4) is 22.6 Å². The molecule has 1 amide bonds. The van der Waals surface area contributed by atoms with E-state index in [-0.39, 0.29) is 5.69 Å². The molecule has 4 aromatic rings. The Hall–Kier alpha value is -4.20. The van der Waals surface area contributed by atoms with Crippen LogP contribution in [0.5, 0.6) is 11.5 Å². The van der Waals surface area contributed by atoms with Crippen LogP contribution in [0.15, 0.2) is 71.4 Å². The van der Waals surface area contributed by atoms with Crippen LogP contribution in [0.3, 0.4) is 0 Å². The first-order valence-electron chi connectivity index (χ1n) is 11.0. The maximum Gasteiger partial charge on any atom is 0.416 e. The minimum absolute atomic E-state index is 0.254.